The maximum absolute atomic E-state index is 5.36. The van der Waals surface area contributed by atoms with Gasteiger partial charge in [-0.2, -0.15) is 0 Å². The molecule has 0 heterocycles. The van der Waals surface area contributed by atoms with Crippen LogP contribution in [0.2, 0.25) is 0 Å². The van der Waals surface area contributed by atoms with Crippen LogP contribution in [0.1, 0.15) is 13.8 Å². The van der Waals surface area contributed by atoms with E-state index in [1.807, 2.05) is 56.3 Å². The van der Waals surface area contributed by atoms with Gasteiger partial charge in [0.1, 0.15) is 0 Å². The first-order chi connectivity index (χ1) is 5.31. The summed E-state index contributed by atoms with van der Waals surface area (Å²) in [4.78, 5) is 0. The average molecular weight is 149 g/mol. The molecule has 0 saturated heterocycles. The van der Waals surface area contributed by atoms with Crippen molar-refractivity contribution in [1.82, 2.24) is 0 Å². The molecule has 0 aliphatic carbocycles. The third kappa shape index (κ3) is 6.65. The van der Waals surface area contributed by atoms with Crippen LogP contribution < -0.4 is 5.73 Å². The SMILES string of the molecule is CC=CC.Nc1ccccc1. The number of benzene rings is 1. The van der Waals surface area contributed by atoms with Crippen molar-refractivity contribution in [1.29, 1.82) is 0 Å². The molecule has 0 unspecified atom stereocenters. The number of para-hydroxylation sites is 1. The van der Waals surface area contributed by atoms with E-state index in [4.69, 9.17) is 5.73 Å². The normalized spacial score (nSPS) is 8.91. The first-order valence-corrected chi connectivity index (χ1v) is 3.69. The second-order valence-corrected chi connectivity index (χ2v) is 2.08. The summed E-state index contributed by atoms with van der Waals surface area (Å²) >= 11 is 0. The van der Waals surface area contributed by atoms with Gasteiger partial charge >= 0.3 is 0 Å². The zero-order valence-electron chi connectivity index (χ0n) is 7.12. The molecule has 0 atom stereocenters. The molecule has 0 aliphatic heterocycles. The van der Waals surface area contributed by atoms with E-state index in [2.05, 4.69) is 0 Å². The second-order valence-electron chi connectivity index (χ2n) is 2.08. The highest BCUT2D eigenvalue weighted by Crippen LogP contribution is 1.95. The number of hydrogen-bond acceptors (Lipinski definition) is 1. The Labute approximate surface area is 68.5 Å². The summed E-state index contributed by atoms with van der Waals surface area (Å²) in [7, 11) is 0. The highest BCUT2D eigenvalue weighted by Gasteiger charge is 1.72. The lowest BCUT2D eigenvalue weighted by molar-refractivity contribution is 1.64. The molecule has 0 bridgehead atoms. The van der Waals surface area contributed by atoms with Crippen LogP contribution in [-0.2, 0) is 0 Å². The summed E-state index contributed by atoms with van der Waals surface area (Å²) in [5.41, 5.74) is 6.18. The van der Waals surface area contributed by atoms with Crippen molar-refractivity contribution < 1.29 is 0 Å². The van der Waals surface area contributed by atoms with Crippen LogP contribution >= 0.6 is 0 Å². The van der Waals surface area contributed by atoms with Crippen LogP contribution in [0.3, 0.4) is 0 Å². The van der Waals surface area contributed by atoms with Crippen molar-refractivity contribution >= 4 is 5.69 Å². The minimum absolute atomic E-state index is 0.822. The quantitative estimate of drug-likeness (QED) is 0.445. The van der Waals surface area contributed by atoms with Crippen molar-refractivity contribution in [3.05, 3.63) is 42.5 Å². The molecule has 0 radical (unpaired) electrons. The maximum atomic E-state index is 5.36. The smallest absolute Gasteiger partial charge is 0.0313 e. The summed E-state index contributed by atoms with van der Waals surface area (Å²) in [6, 6.07) is 9.49. The summed E-state index contributed by atoms with van der Waals surface area (Å²) in [6.07, 6.45) is 4.00. The molecule has 11 heavy (non-hydrogen) atoms. The fourth-order valence-corrected chi connectivity index (χ4v) is 0.453. The lowest BCUT2D eigenvalue weighted by Gasteiger charge is -1.83. The van der Waals surface area contributed by atoms with Gasteiger partial charge in [0.15, 0.2) is 0 Å². The Morgan fingerprint density at radius 2 is 1.45 bits per heavy atom. The van der Waals surface area contributed by atoms with E-state index in [1.54, 1.807) is 0 Å². The van der Waals surface area contributed by atoms with Crippen LogP contribution in [0, 0.1) is 0 Å². The largest absolute Gasteiger partial charge is 0.399 e. The topological polar surface area (TPSA) is 26.0 Å². The Bertz CT molecular complexity index is 185. The van der Waals surface area contributed by atoms with Crippen LogP contribution in [0.4, 0.5) is 5.69 Å². The molecule has 1 aromatic rings. The van der Waals surface area contributed by atoms with E-state index in [1.165, 1.54) is 0 Å². The first kappa shape index (κ1) is 9.76. The average Bonchev–Trinajstić information content (AvgIpc) is 2.07. The Hall–Kier alpha value is -1.24. The Balaban J connectivity index is 0.000000218. The molecular formula is C10H15N. The van der Waals surface area contributed by atoms with E-state index < -0.39 is 0 Å². The second kappa shape index (κ2) is 6.87. The van der Waals surface area contributed by atoms with Gasteiger partial charge in [0.2, 0.25) is 0 Å². The zero-order valence-corrected chi connectivity index (χ0v) is 7.12. The van der Waals surface area contributed by atoms with Gasteiger partial charge in [-0.15, -0.1) is 0 Å². The zero-order chi connectivity index (χ0) is 8.53. The standard InChI is InChI=1S/C6H7N.C4H8/c7-6-4-2-1-3-5-6;1-3-4-2/h1-5H,7H2;3-4H,1-2H3. The van der Waals surface area contributed by atoms with E-state index >= 15 is 0 Å². The fourth-order valence-electron chi connectivity index (χ4n) is 0.453. The number of nitrogen functional groups attached to an aromatic ring is 1. The van der Waals surface area contributed by atoms with Crippen molar-refractivity contribution in [2.75, 3.05) is 5.73 Å². The van der Waals surface area contributed by atoms with Gasteiger partial charge in [0.25, 0.3) is 0 Å². The van der Waals surface area contributed by atoms with E-state index in [0.29, 0.717) is 0 Å². The molecule has 1 heteroatoms. The summed E-state index contributed by atoms with van der Waals surface area (Å²) in [6.45, 7) is 4.00. The van der Waals surface area contributed by atoms with Crippen molar-refractivity contribution in [2.45, 2.75) is 13.8 Å². The van der Waals surface area contributed by atoms with Crippen molar-refractivity contribution in [3.8, 4) is 0 Å². The number of allylic oxidation sites excluding steroid dienone is 2. The van der Waals surface area contributed by atoms with Crippen LogP contribution in [-0.4, -0.2) is 0 Å². The number of nitrogens with two attached hydrogens (primary N) is 1. The molecular weight excluding hydrogens is 134 g/mol. The summed E-state index contributed by atoms with van der Waals surface area (Å²) in [5.74, 6) is 0. The number of hydrogen-bond donors (Lipinski definition) is 1. The molecule has 0 aliphatic rings. The molecule has 0 aromatic heterocycles. The molecule has 60 valence electrons. The molecule has 0 spiro atoms. The van der Waals surface area contributed by atoms with Crippen molar-refractivity contribution in [3.63, 3.8) is 0 Å². The van der Waals surface area contributed by atoms with Gasteiger partial charge in [0.05, 0.1) is 0 Å². The van der Waals surface area contributed by atoms with E-state index in [-0.39, 0.29) is 0 Å². The third-order valence-electron chi connectivity index (χ3n) is 1.13. The molecule has 1 nitrogen and oxygen atoms in total. The molecule has 1 rings (SSSR count). The van der Waals surface area contributed by atoms with Gasteiger partial charge in [-0.3, -0.25) is 0 Å². The minimum Gasteiger partial charge on any atom is -0.399 e. The number of anilines is 1. The van der Waals surface area contributed by atoms with E-state index in [9.17, 15) is 0 Å². The Kier molecular flexibility index (Phi) is 6.10. The summed E-state index contributed by atoms with van der Waals surface area (Å²) < 4.78 is 0. The monoisotopic (exact) mass is 149 g/mol. The van der Waals surface area contributed by atoms with Gasteiger partial charge in [-0.1, -0.05) is 30.4 Å². The van der Waals surface area contributed by atoms with Crippen LogP contribution in [0.15, 0.2) is 42.5 Å². The lowest BCUT2D eigenvalue weighted by atomic mass is 10.3. The fraction of sp³-hybridized carbons (Fsp3) is 0.200. The third-order valence-corrected chi connectivity index (χ3v) is 1.13. The minimum atomic E-state index is 0.822. The highest BCUT2D eigenvalue weighted by molar-refractivity contribution is 5.35. The molecule has 0 saturated carbocycles. The van der Waals surface area contributed by atoms with Gasteiger partial charge in [-0.25, -0.2) is 0 Å². The molecule has 2 N–H and O–H groups in total. The summed E-state index contributed by atoms with van der Waals surface area (Å²) in [5, 5.41) is 0. The van der Waals surface area contributed by atoms with E-state index in [0.717, 1.165) is 5.69 Å². The molecule has 1 aromatic carbocycles. The highest BCUT2D eigenvalue weighted by atomic mass is 14.5. The first-order valence-electron chi connectivity index (χ1n) is 3.69. The molecule has 0 fully saturated rings. The van der Waals surface area contributed by atoms with Crippen LogP contribution in [0.25, 0.3) is 0 Å². The predicted octanol–water partition coefficient (Wildman–Crippen LogP) is 2.85. The maximum Gasteiger partial charge on any atom is 0.0313 e. The number of rotatable bonds is 0. The van der Waals surface area contributed by atoms with Gasteiger partial charge in [-0.05, 0) is 26.0 Å². The van der Waals surface area contributed by atoms with Crippen molar-refractivity contribution in [2.24, 2.45) is 0 Å². The van der Waals surface area contributed by atoms with Gasteiger partial charge in [0, 0.05) is 5.69 Å². The van der Waals surface area contributed by atoms with Gasteiger partial charge < -0.3 is 5.73 Å². The lowest BCUT2D eigenvalue weighted by Crippen LogP contribution is -1.79. The molecule has 0 amide bonds. The van der Waals surface area contributed by atoms with Crippen LogP contribution in [0.5, 0.6) is 0 Å². The Morgan fingerprint density at radius 3 is 1.64 bits per heavy atom. The Morgan fingerprint density at radius 1 is 1.00 bits per heavy atom. The predicted molar refractivity (Wildman–Crippen MR) is 51.3 cm³/mol.